The predicted molar refractivity (Wildman–Crippen MR) is 64.9 cm³/mol. The van der Waals surface area contributed by atoms with Gasteiger partial charge in [-0.15, -0.1) is 0 Å². The standard InChI is InChI=1S/C13H21NO2/c1-10(2)13(9-16)14-7-11-3-5-12(8-15)6-4-11/h3-6,10,13-16H,7-9H2,1-2H3. The van der Waals surface area contributed by atoms with Crippen LogP contribution >= 0.6 is 0 Å². The van der Waals surface area contributed by atoms with E-state index in [1.807, 2.05) is 24.3 Å². The van der Waals surface area contributed by atoms with Crippen molar-refractivity contribution in [2.75, 3.05) is 6.61 Å². The topological polar surface area (TPSA) is 52.5 Å². The summed E-state index contributed by atoms with van der Waals surface area (Å²) in [6, 6.07) is 7.96. The first-order chi connectivity index (χ1) is 7.67. The molecule has 0 aliphatic rings. The van der Waals surface area contributed by atoms with Crippen molar-refractivity contribution in [2.24, 2.45) is 5.92 Å². The van der Waals surface area contributed by atoms with Crippen molar-refractivity contribution in [1.29, 1.82) is 0 Å². The second kappa shape index (κ2) is 6.63. The first kappa shape index (κ1) is 13.2. The van der Waals surface area contributed by atoms with E-state index < -0.39 is 0 Å². The molecule has 16 heavy (non-hydrogen) atoms. The summed E-state index contributed by atoms with van der Waals surface area (Å²) in [6.45, 7) is 5.16. The summed E-state index contributed by atoms with van der Waals surface area (Å²) in [5.41, 5.74) is 2.09. The van der Waals surface area contributed by atoms with Crippen LogP contribution in [0.4, 0.5) is 0 Å². The summed E-state index contributed by atoms with van der Waals surface area (Å²) in [5.74, 6) is 0.418. The highest BCUT2D eigenvalue weighted by Crippen LogP contribution is 2.06. The van der Waals surface area contributed by atoms with E-state index in [2.05, 4.69) is 19.2 Å². The molecule has 0 bridgehead atoms. The minimum atomic E-state index is 0.0823. The highest BCUT2D eigenvalue weighted by molar-refractivity contribution is 5.21. The van der Waals surface area contributed by atoms with E-state index in [1.54, 1.807) is 0 Å². The highest BCUT2D eigenvalue weighted by Gasteiger charge is 2.10. The second-order valence-electron chi connectivity index (χ2n) is 4.39. The number of hydrogen-bond acceptors (Lipinski definition) is 3. The lowest BCUT2D eigenvalue weighted by atomic mass is 10.0. The zero-order chi connectivity index (χ0) is 12.0. The largest absolute Gasteiger partial charge is 0.395 e. The fourth-order valence-corrected chi connectivity index (χ4v) is 1.52. The van der Waals surface area contributed by atoms with Gasteiger partial charge in [-0.2, -0.15) is 0 Å². The molecule has 0 aliphatic heterocycles. The summed E-state index contributed by atoms with van der Waals surface area (Å²) in [4.78, 5) is 0. The lowest BCUT2D eigenvalue weighted by molar-refractivity contribution is 0.210. The molecule has 0 heterocycles. The van der Waals surface area contributed by atoms with E-state index in [4.69, 9.17) is 10.2 Å². The third-order valence-electron chi connectivity index (χ3n) is 2.78. The van der Waals surface area contributed by atoms with Crippen LogP contribution in [0, 0.1) is 5.92 Å². The molecule has 0 fully saturated rings. The fourth-order valence-electron chi connectivity index (χ4n) is 1.52. The van der Waals surface area contributed by atoms with Crippen LogP contribution in [0.15, 0.2) is 24.3 Å². The smallest absolute Gasteiger partial charge is 0.0681 e. The first-order valence-corrected chi connectivity index (χ1v) is 5.70. The van der Waals surface area contributed by atoms with Crippen molar-refractivity contribution in [1.82, 2.24) is 5.32 Å². The fraction of sp³-hybridized carbons (Fsp3) is 0.538. The number of nitrogens with one attached hydrogen (secondary N) is 1. The Morgan fingerprint density at radius 2 is 1.62 bits per heavy atom. The zero-order valence-corrected chi connectivity index (χ0v) is 9.98. The van der Waals surface area contributed by atoms with Crippen LogP contribution in [0.25, 0.3) is 0 Å². The van der Waals surface area contributed by atoms with Gasteiger partial charge in [-0.05, 0) is 17.0 Å². The van der Waals surface area contributed by atoms with Crippen molar-refractivity contribution in [3.8, 4) is 0 Å². The van der Waals surface area contributed by atoms with E-state index in [-0.39, 0.29) is 19.3 Å². The minimum Gasteiger partial charge on any atom is -0.395 e. The lowest BCUT2D eigenvalue weighted by Gasteiger charge is -2.19. The first-order valence-electron chi connectivity index (χ1n) is 5.70. The Hall–Kier alpha value is -0.900. The third kappa shape index (κ3) is 3.93. The van der Waals surface area contributed by atoms with Crippen molar-refractivity contribution in [3.05, 3.63) is 35.4 Å². The molecule has 90 valence electrons. The normalized spacial score (nSPS) is 13.1. The molecule has 0 spiro atoms. The van der Waals surface area contributed by atoms with Crippen LogP contribution in [-0.4, -0.2) is 22.9 Å². The number of rotatable bonds is 6. The molecule has 0 aromatic heterocycles. The Labute approximate surface area is 97.1 Å². The van der Waals surface area contributed by atoms with Gasteiger partial charge in [0.05, 0.1) is 13.2 Å². The van der Waals surface area contributed by atoms with Gasteiger partial charge < -0.3 is 15.5 Å². The molecule has 1 unspecified atom stereocenters. The van der Waals surface area contributed by atoms with Crippen molar-refractivity contribution >= 4 is 0 Å². The summed E-state index contributed by atoms with van der Waals surface area (Å²) in [6.07, 6.45) is 0. The molecule has 3 nitrogen and oxygen atoms in total. The summed E-state index contributed by atoms with van der Waals surface area (Å²) < 4.78 is 0. The van der Waals surface area contributed by atoms with Crippen molar-refractivity contribution in [2.45, 2.75) is 33.0 Å². The van der Waals surface area contributed by atoms with Crippen molar-refractivity contribution < 1.29 is 10.2 Å². The second-order valence-corrected chi connectivity index (χ2v) is 4.39. The van der Waals surface area contributed by atoms with E-state index >= 15 is 0 Å². The molecule has 3 N–H and O–H groups in total. The number of hydrogen-bond donors (Lipinski definition) is 3. The molecule has 0 amide bonds. The molecule has 1 atom stereocenters. The molecule has 0 saturated heterocycles. The number of aliphatic hydroxyl groups excluding tert-OH is 2. The average Bonchev–Trinajstić information content (AvgIpc) is 2.30. The number of benzene rings is 1. The summed E-state index contributed by atoms with van der Waals surface area (Å²) >= 11 is 0. The van der Waals surface area contributed by atoms with Gasteiger partial charge in [0.15, 0.2) is 0 Å². The van der Waals surface area contributed by atoms with E-state index in [9.17, 15) is 0 Å². The van der Waals surface area contributed by atoms with Gasteiger partial charge in [0, 0.05) is 12.6 Å². The zero-order valence-electron chi connectivity index (χ0n) is 9.98. The molecule has 1 rings (SSSR count). The van der Waals surface area contributed by atoms with Crippen LogP contribution in [0.1, 0.15) is 25.0 Å². The molecule has 0 saturated carbocycles. The van der Waals surface area contributed by atoms with Crippen LogP contribution in [0.3, 0.4) is 0 Å². The van der Waals surface area contributed by atoms with Crippen molar-refractivity contribution in [3.63, 3.8) is 0 Å². The van der Waals surface area contributed by atoms with Gasteiger partial charge in [-0.25, -0.2) is 0 Å². The molecular formula is C13H21NO2. The minimum absolute atomic E-state index is 0.0823. The molecule has 0 radical (unpaired) electrons. The average molecular weight is 223 g/mol. The van der Waals surface area contributed by atoms with Gasteiger partial charge >= 0.3 is 0 Å². The maximum atomic E-state index is 9.16. The maximum absolute atomic E-state index is 9.16. The Kier molecular flexibility index (Phi) is 5.46. The van der Waals surface area contributed by atoms with Crippen LogP contribution < -0.4 is 5.32 Å². The van der Waals surface area contributed by atoms with Gasteiger partial charge in [0.25, 0.3) is 0 Å². The Bertz CT molecular complexity index is 295. The monoisotopic (exact) mass is 223 g/mol. The van der Waals surface area contributed by atoms with Gasteiger partial charge in [0.1, 0.15) is 0 Å². The van der Waals surface area contributed by atoms with Gasteiger partial charge in [-0.3, -0.25) is 0 Å². The molecular weight excluding hydrogens is 202 g/mol. The Morgan fingerprint density at radius 1 is 1.06 bits per heavy atom. The predicted octanol–water partition coefficient (Wildman–Crippen LogP) is 1.29. The third-order valence-corrected chi connectivity index (χ3v) is 2.78. The summed E-state index contributed by atoms with van der Waals surface area (Å²) in [5, 5.41) is 21.4. The highest BCUT2D eigenvalue weighted by atomic mass is 16.3. The van der Waals surface area contributed by atoms with Crippen LogP contribution in [-0.2, 0) is 13.2 Å². The Morgan fingerprint density at radius 3 is 2.06 bits per heavy atom. The van der Waals surface area contributed by atoms with Gasteiger partial charge in [-0.1, -0.05) is 38.1 Å². The quantitative estimate of drug-likeness (QED) is 0.681. The Balaban J connectivity index is 2.47. The maximum Gasteiger partial charge on any atom is 0.0681 e. The van der Waals surface area contributed by atoms with Crippen LogP contribution in [0.5, 0.6) is 0 Å². The van der Waals surface area contributed by atoms with E-state index in [0.717, 1.165) is 17.7 Å². The molecule has 0 aliphatic carbocycles. The van der Waals surface area contributed by atoms with Crippen LogP contribution in [0.2, 0.25) is 0 Å². The lowest BCUT2D eigenvalue weighted by Crippen LogP contribution is -2.36. The number of aliphatic hydroxyl groups is 2. The van der Waals surface area contributed by atoms with E-state index in [0.29, 0.717) is 5.92 Å². The van der Waals surface area contributed by atoms with E-state index in [1.165, 1.54) is 0 Å². The summed E-state index contributed by atoms with van der Waals surface area (Å²) in [7, 11) is 0. The molecule has 3 heteroatoms. The molecule has 1 aromatic carbocycles. The SMILES string of the molecule is CC(C)C(CO)NCc1ccc(CO)cc1. The molecule has 1 aromatic rings. The van der Waals surface area contributed by atoms with Gasteiger partial charge in [0.2, 0.25) is 0 Å².